The molecule has 2 aromatic rings. The molecule has 0 aliphatic carbocycles. The largest absolute Gasteiger partial charge is 0.497 e. The topological polar surface area (TPSA) is 47.9 Å². The van der Waals surface area contributed by atoms with E-state index in [2.05, 4.69) is 5.92 Å². The van der Waals surface area contributed by atoms with E-state index in [1.54, 1.807) is 14.2 Å². The Morgan fingerprint density at radius 1 is 0.960 bits per heavy atom. The molecule has 2 rings (SSSR count). The zero-order chi connectivity index (χ0) is 18.1. The summed E-state index contributed by atoms with van der Waals surface area (Å²) in [6.07, 6.45) is 6.09. The molecular weight excluding hydrogens is 316 g/mol. The smallest absolute Gasteiger partial charge is 0.119 e. The normalized spacial score (nSPS) is 11.0. The zero-order valence-electron chi connectivity index (χ0n) is 14.7. The summed E-state index contributed by atoms with van der Waals surface area (Å²) < 4.78 is 16.0. The third-order valence-electron chi connectivity index (χ3n) is 3.89. The van der Waals surface area contributed by atoms with E-state index < -0.39 is 5.60 Å². The van der Waals surface area contributed by atoms with Gasteiger partial charge in [-0.1, -0.05) is 30.2 Å². The molecule has 1 N–H and O–H groups in total. The Balaban J connectivity index is 2.20. The molecular formula is C21H24O4. The first-order valence-electron chi connectivity index (χ1n) is 8.08. The molecule has 2 aromatic carbocycles. The van der Waals surface area contributed by atoms with Gasteiger partial charge in [0.05, 0.1) is 26.4 Å². The van der Waals surface area contributed by atoms with Gasteiger partial charge in [0, 0.05) is 12.8 Å². The van der Waals surface area contributed by atoms with Crippen molar-refractivity contribution in [1.29, 1.82) is 0 Å². The minimum atomic E-state index is -1.09. The molecule has 0 radical (unpaired) electrons. The molecule has 0 aromatic heterocycles. The van der Waals surface area contributed by atoms with Gasteiger partial charge < -0.3 is 19.3 Å². The van der Waals surface area contributed by atoms with Gasteiger partial charge in [0.2, 0.25) is 0 Å². The lowest BCUT2D eigenvalue weighted by molar-refractivity contribution is -0.0378. The molecule has 0 unspecified atom stereocenters. The molecule has 0 aliphatic rings. The molecule has 0 fully saturated rings. The molecule has 0 bridgehead atoms. The zero-order valence-corrected chi connectivity index (χ0v) is 14.7. The SMILES string of the molecule is C#CCOCC(O)(Cc1cccc(OC)c1)Cc1cccc(OC)c1. The number of terminal acetylenes is 1. The van der Waals surface area contributed by atoms with E-state index in [-0.39, 0.29) is 13.2 Å². The summed E-state index contributed by atoms with van der Waals surface area (Å²) in [6.45, 7) is 0.310. The molecule has 0 aliphatic heterocycles. The summed E-state index contributed by atoms with van der Waals surface area (Å²) in [5, 5.41) is 11.2. The molecule has 0 heterocycles. The molecule has 4 heteroatoms. The highest BCUT2D eigenvalue weighted by Gasteiger charge is 2.28. The van der Waals surface area contributed by atoms with Gasteiger partial charge in [0.15, 0.2) is 0 Å². The van der Waals surface area contributed by atoms with E-state index >= 15 is 0 Å². The fourth-order valence-electron chi connectivity index (χ4n) is 2.79. The minimum absolute atomic E-state index is 0.144. The summed E-state index contributed by atoms with van der Waals surface area (Å²) in [4.78, 5) is 0. The van der Waals surface area contributed by atoms with Gasteiger partial charge in [-0.2, -0.15) is 0 Å². The van der Waals surface area contributed by atoms with Crippen LogP contribution >= 0.6 is 0 Å². The quantitative estimate of drug-likeness (QED) is 0.563. The summed E-state index contributed by atoms with van der Waals surface area (Å²) >= 11 is 0. The number of hydrogen-bond donors (Lipinski definition) is 1. The maximum Gasteiger partial charge on any atom is 0.119 e. The van der Waals surface area contributed by atoms with Gasteiger partial charge in [-0.15, -0.1) is 6.42 Å². The second kappa shape index (κ2) is 9.12. The first-order valence-corrected chi connectivity index (χ1v) is 8.08. The molecule has 132 valence electrons. The van der Waals surface area contributed by atoms with Crippen molar-refractivity contribution in [2.45, 2.75) is 18.4 Å². The van der Waals surface area contributed by atoms with Crippen molar-refractivity contribution in [2.24, 2.45) is 0 Å². The lowest BCUT2D eigenvalue weighted by Crippen LogP contribution is -2.39. The molecule has 0 saturated carbocycles. The van der Waals surface area contributed by atoms with Crippen LogP contribution in [-0.4, -0.2) is 38.1 Å². The van der Waals surface area contributed by atoms with Crippen molar-refractivity contribution >= 4 is 0 Å². The van der Waals surface area contributed by atoms with Crippen molar-refractivity contribution in [3.63, 3.8) is 0 Å². The first kappa shape index (κ1) is 18.9. The highest BCUT2D eigenvalue weighted by Crippen LogP contribution is 2.24. The van der Waals surface area contributed by atoms with Gasteiger partial charge in [0.1, 0.15) is 18.1 Å². The monoisotopic (exact) mass is 340 g/mol. The highest BCUT2D eigenvalue weighted by atomic mass is 16.5. The second-order valence-corrected chi connectivity index (χ2v) is 5.98. The Bertz CT molecular complexity index is 668. The van der Waals surface area contributed by atoms with Crippen LogP contribution in [0.25, 0.3) is 0 Å². The van der Waals surface area contributed by atoms with Crippen LogP contribution in [0.4, 0.5) is 0 Å². The maximum atomic E-state index is 11.2. The van der Waals surface area contributed by atoms with Gasteiger partial charge in [-0.25, -0.2) is 0 Å². The number of rotatable bonds is 9. The molecule has 0 atom stereocenters. The standard InChI is InChI=1S/C21H24O4/c1-4-11-25-16-21(22,14-17-7-5-9-19(12-17)23-2)15-18-8-6-10-20(13-18)24-3/h1,5-10,12-13,22H,11,14-16H2,2-3H3. The second-order valence-electron chi connectivity index (χ2n) is 5.98. The van der Waals surface area contributed by atoms with Crippen LogP contribution in [0.3, 0.4) is 0 Å². The lowest BCUT2D eigenvalue weighted by Gasteiger charge is -2.28. The molecule has 0 saturated heterocycles. The van der Waals surface area contributed by atoms with Crippen LogP contribution in [0.1, 0.15) is 11.1 Å². The van der Waals surface area contributed by atoms with E-state index in [1.165, 1.54) is 0 Å². The molecule has 0 amide bonds. The average molecular weight is 340 g/mol. The van der Waals surface area contributed by atoms with Crippen molar-refractivity contribution in [1.82, 2.24) is 0 Å². The molecule has 0 spiro atoms. The number of benzene rings is 2. The Kier molecular flexibility index (Phi) is 6.88. The lowest BCUT2D eigenvalue weighted by atomic mass is 9.88. The first-order chi connectivity index (χ1) is 12.1. The van der Waals surface area contributed by atoms with E-state index in [0.717, 1.165) is 22.6 Å². The number of methoxy groups -OCH3 is 2. The van der Waals surface area contributed by atoms with E-state index in [1.807, 2.05) is 48.5 Å². The maximum absolute atomic E-state index is 11.2. The van der Waals surface area contributed by atoms with Gasteiger partial charge in [-0.05, 0) is 35.4 Å². The third-order valence-corrected chi connectivity index (χ3v) is 3.89. The third kappa shape index (κ3) is 5.82. The number of aliphatic hydroxyl groups is 1. The molecule has 4 nitrogen and oxygen atoms in total. The number of ether oxygens (including phenoxy) is 3. The van der Waals surface area contributed by atoms with Gasteiger partial charge >= 0.3 is 0 Å². The Labute approximate surface area is 149 Å². The summed E-state index contributed by atoms with van der Waals surface area (Å²) in [5.74, 6) is 3.94. The van der Waals surface area contributed by atoms with Crippen LogP contribution in [0.5, 0.6) is 11.5 Å². The van der Waals surface area contributed by atoms with Crippen molar-refractivity contribution in [2.75, 3.05) is 27.4 Å². The minimum Gasteiger partial charge on any atom is -0.497 e. The van der Waals surface area contributed by atoms with Crippen LogP contribution in [0, 0.1) is 12.3 Å². The van der Waals surface area contributed by atoms with E-state index in [0.29, 0.717) is 12.8 Å². The fourth-order valence-corrected chi connectivity index (χ4v) is 2.79. The van der Waals surface area contributed by atoms with Gasteiger partial charge in [0.25, 0.3) is 0 Å². The van der Waals surface area contributed by atoms with Crippen LogP contribution in [0.15, 0.2) is 48.5 Å². The Morgan fingerprint density at radius 3 is 1.92 bits per heavy atom. The van der Waals surface area contributed by atoms with E-state index in [9.17, 15) is 5.11 Å². The van der Waals surface area contributed by atoms with E-state index in [4.69, 9.17) is 20.6 Å². The predicted octanol–water partition coefficient (Wildman–Crippen LogP) is 2.87. The van der Waals surface area contributed by atoms with Gasteiger partial charge in [-0.3, -0.25) is 0 Å². The molecule has 25 heavy (non-hydrogen) atoms. The average Bonchev–Trinajstić information content (AvgIpc) is 2.62. The summed E-state index contributed by atoms with van der Waals surface area (Å²) in [7, 11) is 3.25. The number of hydrogen-bond acceptors (Lipinski definition) is 4. The van der Waals surface area contributed by atoms with Crippen LogP contribution in [-0.2, 0) is 17.6 Å². The van der Waals surface area contributed by atoms with Crippen LogP contribution < -0.4 is 9.47 Å². The fraction of sp³-hybridized carbons (Fsp3) is 0.333. The van der Waals surface area contributed by atoms with Crippen molar-refractivity contribution in [3.8, 4) is 23.8 Å². The Hall–Kier alpha value is -2.48. The summed E-state index contributed by atoms with van der Waals surface area (Å²) in [6, 6.07) is 15.3. The highest BCUT2D eigenvalue weighted by molar-refractivity contribution is 5.32. The Morgan fingerprint density at radius 2 is 1.48 bits per heavy atom. The summed E-state index contributed by atoms with van der Waals surface area (Å²) in [5.41, 5.74) is 0.846. The van der Waals surface area contributed by atoms with Crippen LogP contribution in [0.2, 0.25) is 0 Å². The predicted molar refractivity (Wildman–Crippen MR) is 98.0 cm³/mol. The van der Waals surface area contributed by atoms with Crippen molar-refractivity contribution < 1.29 is 19.3 Å². The van der Waals surface area contributed by atoms with Crippen molar-refractivity contribution in [3.05, 3.63) is 59.7 Å².